The number of fused-ring (bicyclic) bond motifs is 1. The van der Waals surface area contributed by atoms with Gasteiger partial charge >= 0.3 is 0 Å². The second-order valence-electron chi connectivity index (χ2n) is 9.84. The molecule has 37 heavy (non-hydrogen) atoms. The number of halogens is 1. The topological polar surface area (TPSA) is 18.5 Å². The fraction of sp³-hybridized carbons (Fsp3) is 0.294. The van der Waals surface area contributed by atoms with Crippen molar-refractivity contribution >= 4 is 15.9 Å². The Morgan fingerprint density at radius 2 is 1.41 bits per heavy atom. The SMILES string of the molecule is BrCCCCCOc1ccc([C@H]2c3ccc(OCc4ccccc4)cc3CC[C@H]2c2ccccc2)cc1. The molecule has 0 saturated heterocycles. The van der Waals surface area contributed by atoms with Crippen LogP contribution in [0.4, 0.5) is 0 Å². The van der Waals surface area contributed by atoms with Crippen molar-refractivity contribution in [3.8, 4) is 11.5 Å². The Hall–Kier alpha value is -3.04. The van der Waals surface area contributed by atoms with Crippen molar-refractivity contribution in [1.29, 1.82) is 0 Å². The molecule has 0 aromatic heterocycles. The Bertz CT molecular complexity index is 1240. The molecule has 0 heterocycles. The summed E-state index contributed by atoms with van der Waals surface area (Å²) in [5, 5.41) is 1.06. The van der Waals surface area contributed by atoms with Crippen molar-refractivity contribution < 1.29 is 9.47 Å². The molecular weight excluding hydrogens is 520 g/mol. The second kappa shape index (κ2) is 13.0. The summed E-state index contributed by atoms with van der Waals surface area (Å²) in [6, 6.07) is 36.9. The first-order valence-corrected chi connectivity index (χ1v) is 14.6. The Morgan fingerprint density at radius 3 is 2.16 bits per heavy atom. The van der Waals surface area contributed by atoms with Crippen LogP contribution < -0.4 is 9.47 Å². The lowest BCUT2D eigenvalue weighted by atomic mass is 9.69. The van der Waals surface area contributed by atoms with E-state index in [0.717, 1.165) is 42.7 Å². The van der Waals surface area contributed by atoms with Gasteiger partial charge in [0.2, 0.25) is 0 Å². The predicted octanol–water partition coefficient (Wildman–Crippen LogP) is 9.07. The fourth-order valence-electron chi connectivity index (χ4n) is 5.43. The predicted molar refractivity (Wildman–Crippen MR) is 156 cm³/mol. The van der Waals surface area contributed by atoms with E-state index >= 15 is 0 Å². The maximum absolute atomic E-state index is 6.17. The molecule has 3 heteroatoms. The van der Waals surface area contributed by atoms with Crippen molar-refractivity contribution in [2.24, 2.45) is 0 Å². The van der Waals surface area contributed by atoms with Gasteiger partial charge in [-0.3, -0.25) is 0 Å². The molecule has 0 radical (unpaired) electrons. The molecule has 4 aromatic rings. The number of benzene rings is 4. The molecule has 1 aliphatic carbocycles. The van der Waals surface area contributed by atoms with Gasteiger partial charge in [-0.05, 0) is 90.1 Å². The van der Waals surface area contributed by atoms with Gasteiger partial charge in [0.25, 0.3) is 0 Å². The van der Waals surface area contributed by atoms with Crippen molar-refractivity contribution in [1.82, 2.24) is 0 Å². The highest BCUT2D eigenvalue weighted by molar-refractivity contribution is 9.09. The van der Waals surface area contributed by atoms with Crippen LogP contribution >= 0.6 is 15.9 Å². The quantitative estimate of drug-likeness (QED) is 0.136. The van der Waals surface area contributed by atoms with Crippen molar-refractivity contribution in [3.63, 3.8) is 0 Å². The lowest BCUT2D eigenvalue weighted by Gasteiger charge is -2.35. The van der Waals surface area contributed by atoms with Gasteiger partial charge in [-0.15, -0.1) is 0 Å². The third kappa shape index (κ3) is 6.64. The molecule has 0 fully saturated rings. The monoisotopic (exact) mass is 554 g/mol. The highest BCUT2D eigenvalue weighted by atomic mass is 79.9. The molecule has 0 aliphatic heterocycles. The van der Waals surface area contributed by atoms with Crippen LogP contribution in [0, 0.1) is 0 Å². The summed E-state index contributed by atoms with van der Waals surface area (Å²) in [7, 11) is 0. The first-order chi connectivity index (χ1) is 18.3. The summed E-state index contributed by atoms with van der Waals surface area (Å²) >= 11 is 3.50. The number of hydrogen-bond donors (Lipinski definition) is 0. The van der Waals surface area contributed by atoms with Crippen LogP contribution in [0.15, 0.2) is 103 Å². The minimum atomic E-state index is 0.308. The molecule has 0 amide bonds. The molecule has 4 aromatic carbocycles. The molecule has 0 spiro atoms. The number of rotatable bonds is 11. The normalized spacial score (nSPS) is 16.7. The van der Waals surface area contributed by atoms with Crippen LogP contribution in [-0.2, 0) is 13.0 Å². The zero-order chi connectivity index (χ0) is 25.3. The van der Waals surface area contributed by atoms with Crippen molar-refractivity contribution in [2.75, 3.05) is 11.9 Å². The zero-order valence-electron chi connectivity index (χ0n) is 21.3. The van der Waals surface area contributed by atoms with Gasteiger partial charge < -0.3 is 9.47 Å². The number of unbranched alkanes of at least 4 members (excludes halogenated alkanes) is 2. The maximum Gasteiger partial charge on any atom is 0.120 e. The van der Waals surface area contributed by atoms with E-state index in [0.29, 0.717) is 18.4 Å². The molecule has 0 saturated carbocycles. The summed E-state index contributed by atoms with van der Waals surface area (Å²) in [5.74, 6) is 2.66. The Kier molecular flexibility index (Phi) is 8.97. The fourth-order valence-corrected chi connectivity index (χ4v) is 5.83. The molecule has 0 N–H and O–H groups in total. The molecule has 5 rings (SSSR count). The van der Waals surface area contributed by atoms with Gasteiger partial charge in [-0.25, -0.2) is 0 Å². The van der Waals surface area contributed by atoms with E-state index in [1.807, 2.05) is 6.07 Å². The van der Waals surface area contributed by atoms with Crippen LogP contribution in [0.3, 0.4) is 0 Å². The van der Waals surface area contributed by atoms with E-state index in [9.17, 15) is 0 Å². The summed E-state index contributed by atoms with van der Waals surface area (Å²) in [5.41, 5.74) is 6.76. The Morgan fingerprint density at radius 1 is 0.676 bits per heavy atom. The van der Waals surface area contributed by atoms with Crippen molar-refractivity contribution in [2.45, 2.75) is 50.5 Å². The number of hydrogen-bond acceptors (Lipinski definition) is 2. The standard InChI is InChI=1S/C34H35BrO2/c35-22-8-3-9-23-36-30-17-14-28(15-18-30)34-32(27-12-6-2-7-13-27)20-16-29-24-31(19-21-33(29)34)37-25-26-10-4-1-5-11-26/h1-2,4-7,10-15,17-19,21,24,32,34H,3,8-9,16,20,22-23,25H2/t32-,34+/m0/s1. The van der Waals surface area contributed by atoms with Gasteiger partial charge in [-0.2, -0.15) is 0 Å². The molecule has 2 nitrogen and oxygen atoms in total. The number of ether oxygens (including phenoxy) is 2. The minimum absolute atomic E-state index is 0.308. The van der Waals surface area contributed by atoms with Gasteiger partial charge in [-0.1, -0.05) is 94.8 Å². The summed E-state index contributed by atoms with van der Waals surface area (Å²) < 4.78 is 12.2. The third-order valence-corrected chi connectivity index (χ3v) is 7.90. The van der Waals surface area contributed by atoms with Crippen LogP contribution in [0.5, 0.6) is 11.5 Å². The van der Waals surface area contributed by atoms with Crippen LogP contribution in [-0.4, -0.2) is 11.9 Å². The lowest BCUT2D eigenvalue weighted by molar-refractivity contribution is 0.305. The van der Waals surface area contributed by atoms with Crippen LogP contribution in [0.1, 0.15) is 65.3 Å². The maximum atomic E-state index is 6.17. The van der Waals surface area contributed by atoms with Gasteiger partial charge in [0.05, 0.1) is 6.61 Å². The first kappa shape index (κ1) is 25.6. The van der Waals surface area contributed by atoms with Crippen molar-refractivity contribution in [3.05, 3.63) is 131 Å². The lowest BCUT2D eigenvalue weighted by Crippen LogP contribution is -2.20. The minimum Gasteiger partial charge on any atom is -0.494 e. The van der Waals surface area contributed by atoms with E-state index in [1.165, 1.54) is 40.7 Å². The molecular formula is C34H35BrO2. The number of alkyl halides is 1. The summed E-state index contributed by atoms with van der Waals surface area (Å²) in [6.07, 6.45) is 5.66. The molecule has 0 bridgehead atoms. The van der Waals surface area contributed by atoms with Crippen LogP contribution in [0.2, 0.25) is 0 Å². The zero-order valence-corrected chi connectivity index (χ0v) is 22.9. The van der Waals surface area contributed by atoms with E-state index in [2.05, 4.69) is 113 Å². The number of aryl methyl sites for hydroxylation is 1. The van der Waals surface area contributed by atoms with Gasteiger partial charge in [0.15, 0.2) is 0 Å². The molecule has 190 valence electrons. The average Bonchev–Trinajstić information content (AvgIpc) is 2.96. The van der Waals surface area contributed by atoms with E-state index in [1.54, 1.807) is 0 Å². The van der Waals surface area contributed by atoms with E-state index in [4.69, 9.17) is 9.47 Å². The molecule has 2 atom stereocenters. The Labute approximate surface area is 229 Å². The van der Waals surface area contributed by atoms with Gasteiger partial charge in [0, 0.05) is 11.2 Å². The van der Waals surface area contributed by atoms with Gasteiger partial charge in [0.1, 0.15) is 18.1 Å². The third-order valence-electron chi connectivity index (χ3n) is 7.34. The summed E-state index contributed by atoms with van der Waals surface area (Å²) in [6.45, 7) is 1.37. The largest absolute Gasteiger partial charge is 0.494 e. The highest BCUT2D eigenvalue weighted by Crippen LogP contribution is 2.47. The molecule has 0 unspecified atom stereocenters. The van der Waals surface area contributed by atoms with E-state index in [-0.39, 0.29) is 0 Å². The average molecular weight is 556 g/mol. The molecule has 1 aliphatic rings. The second-order valence-corrected chi connectivity index (χ2v) is 10.6. The summed E-state index contributed by atoms with van der Waals surface area (Å²) in [4.78, 5) is 0. The Balaban J connectivity index is 1.37. The van der Waals surface area contributed by atoms with Crippen LogP contribution in [0.25, 0.3) is 0 Å². The van der Waals surface area contributed by atoms with E-state index < -0.39 is 0 Å². The smallest absolute Gasteiger partial charge is 0.120 e. The first-order valence-electron chi connectivity index (χ1n) is 13.4. The highest BCUT2D eigenvalue weighted by Gasteiger charge is 2.32.